The largest absolute Gasteiger partial charge is 0.452 e. The highest BCUT2D eigenvalue weighted by Crippen LogP contribution is 2.29. The Kier molecular flexibility index (Phi) is 8.74. The van der Waals surface area contributed by atoms with Gasteiger partial charge in [0.1, 0.15) is 0 Å². The predicted molar refractivity (Wildman–Crippen MR) is 131 cm³/mol. The van der Waals surface area contributed by atoms with Crippen LogP contribution in [0, 0.1) is 34.6 Å². The zero-order valence-corrected chi connectivity index (χ0v) is 21.5. The van der Waals surface area contributed by atoms with Crippen LogP contribution in [0.15, 0.2) is 29.2 Å². The maximum absolute atomic E-state index is 12.9. The Bertz CT molecular complexity index is 1210. The lowest BCUT2D eigenvalue weighted by Crippen LogP contribution is -2.32. The molecule has 8 nitrogen and oxygen atoms in total. The number of rotatable bonds is 9. The van der Waals surface area contributed by atoms with Crippen molar-refractivity contribution in [1.82, 2.24) is 4.72 Å². The molecule has 0 aliphatic rings. The van der Waals surface area contributed by atoms with Gasteiger partial charge in [-0.1, -0.05) is 12.1 Å². The molecule has 0 saturated carbocycles. The van der Waals surface area contributed by atoms with Crippen LogP contribution in [0.3, 0.4) is 0 Å². The first-order chi connectivity index (χ1) is 15.8. The minimum atomic E-state index is -3.84. The van der Waals surface area contributed by atoms with E-state index >= 15 is 0 Å². The van der Waals surface area contributed by atoms with Gasteiger partial charge in [0.2, 0.25) is 10.0 Å². The van der Waals surface area contributed by atoms with Crippen LogP contribution >= 0.6 is 0 Å². The molecule has 1 atom stereocenters. The molecule has 1 unspecified atom stereocenters. The Balaban J connectivity index is 1.96. The second-order valence-electron chi connectivity index (χ2n) is 8.36. The van der Waals surface area contributed by atoms with Crippen LogP contribution in [0.5, 0.6) is 0 Å². The number of ether oxygens (including phenoxy) is 1. The number of anilines is 1. The predicted octanol–water partition coefficient (Wildman–Crippen LogP) is 3.67. The van der Waals surface area contributed by atoms with Crippen molar-refractivity contribution < 1.29 is 27.5 Å². The van der Waals surface area contributed by atoms with Crippen molar-refractivity contribution in [3.05, 3.63) is 57.6 Å². The number of sulfonamides is 1. The van der Waals surface area contributed by atoms with Gasteiger partial charge in [-0.15, -0.1) is 0 Å². The Morgan fingerprint density at radius 3 is 2.06 bits per heavy atom. The van der Waals surface area contributed by atoms with Crippen LogP contribution in [-0.4, -0.2) is 38.7 Å². The Morgan fingerprint density at radius 1 is 0.941 bits per heavy atom. The van der Waals surface area contributed by atoms with Crippen molar-refractivity contribution in [1.29, 1.82) is 0 Å². The molecule has 0 saturated heterocycles. The lowest BCUT2D eigenvalue weighted by Gasteiger charge is -2.19. The Hall–Kier alpha value is -3.04. The molecule has 0 bridgehead atoms. The summed E-state index contributed by atoms with van der Waals surface area (Å²) < 4.78 is 33.4. The molecule has 0 aliphatic heterocycles. The number of benzene rings is 2. The quantitative estimate of drug-likeness (QED) is 0.411. The summed E-state index contributed by atoms with van der Waals surface area (Å²) in [5.74, 6) is -1.42. The smallest absolute Gasteiger partial charge is 0.307 e. The molecule has 0 fully saturated rings. The fourth-order valence-electron chi connectivity index (χ4n) is 3.60. The molecule has 0 aliphatic carbocycles. The average Bonchev–Trinajstić information content (AvgIpc) is 2.76. The van der Waals surface area contributed by atoms with Crippen molar-refractivity contribution in [2.24, 2.45) is 0 Å². The highest BCUT2D eigenvalue weighted by atomic mass is 32.2. The van der Waals surface area contributed by atoms with Gasteiger partial charge in [0, 0.05) is 17.8 Å². The number of nitrogens with one attached hydrogen (secondary N) is 2. The summed E-state index contributed by atoms with van der Waals surface area (Å²) in [6, 6.07) is 6.41. The zero-order valence-electron chi connectivity index (χ0n) is 20.7. The van der Waals surface area contributed by atoms with E-state index in [1.165, 1.54) is 19.9 Å². The molecule has 34 heavy (non-hydrogen) atoms. The molecule has 9 heteroatoms. The molecule has 184 valence electrons. The third kappa shape index (κ3) is 6.30. The second kappa shape index (κ2) is 10.9. The zero-order chi connectivity index (χ0) is 25.8. The summed E-state index contributed by atoms with van der Waals surface area (Å²) in [6.07, 6.45) is -1.34. The lowest BCUT2D eigenvalue weighted by molar-refractivity contribution is -0.152. The van der Waals surface area contributed by atoms with E-state index in [2.05, 4.69) is 10.0 Å². The molecule has 0 spiro atoms. The molecule has 2 N–H and O–H groups in total. The summed E-state index contributed by atoms with van der Waals surface area (Å²) in [5.41, 5.74) is 5.08. The van der Waals surface area contributed by atoms with Crippen molar-refractivity contribution in [2.45, 2.75) is 65.9 Å². The Morgan fingerprint density at radius 2 is 1.50 bits per heavy atom. The number of Topliss-reactive ketones (excluding diaryl/α,β-unsaturated/α-hetero) is 1. The first kappa shape index (κ1) is 27.2. The minimum Gasteiger partial charge on any atom is -0.452 e. The molecule has 0 aromatic heterocycles. The van der Waals surface area contributed by atoms with E-state index in [1.54, 1.807) is 32.0 Å². The maximum Gasteiger partial charge on any atom is 0.307 e. The lowest BCUT2D eigenvalue weighted by atomic mass is 9.95. The molecule has 2 aromatic carbocycles. The summed E-state index contributed by atoms with van der Waals surface area (Å²) in [6.45, 7) is 11.9. The molecule has 2 rings (SSSR count). The molecular formula is C25H32N2O6S. The van der Waals surface area contributed by atoms with E-state index < -0.39 is 28.0 Å². The summed E-state index contributed by atoms with van der Waals surface area (Å²) in [4.78, 5) is 36.2. The molecular weight excluding hydrogens is 456 g/mol. The van der Waals surface area contributed by atoms with Crippen LogP contribution in [-0.2, 0) is 24.3 Å². The van der Waals surface area contributed by atoms with Crippen LogP contribution in [0.25, 0.3) is 0 Å². The SMILES string of the molecule is CC(=O)c1cccc(NC(=O)C(C)OC(=O)CCNS(=O)(=O)c2c(C)c(C)c(C)c(C)c2C)c1. The van der Waals surface area contributed by atoms with E-state index in [4.69, 9.17) is 4.74 Å². The third-order valence-electron chi connectivity index (χ3n) is 6.04. The third-order valence-corrected chi connectivity index (χ3v) is 7.77. The van der Waals surface area contributed by atoms with Gasteiger partial charge in [0.25, 0.3) is 5.91 Å². The summed E-state index contributed by atoms with van der Waals surface area (Å²) in [7, 11) is -3.84. The van der Waals surface area contributed by atoms with Crippen molar-refractivity contribution in [2.75, 3.05) is 11.9 Å². The van der Waals surface area contributed by atoms with Crippen molar-refractivity contribution in [3.63, 3.8) is 0 Å². The summed E-state index contributed by atoms with van der Waals surface area (Å²) in [5, 5.41) is 2.59. The van der Waals surface area contributed by atoms with Gasteiger partial charge in [-0.2, -0.15) is 0 Å². The number of carbonyl (C=O) groups is 3. The number of hydrogen-bond acceptors (Lipinski definition) is 6. The van der Waals surface area contributed by atoms with E-state index in [9.17, 15) is 22.8 Å². The maximum atomic E-state index is 12.9. The fraction of sp³-hybridized carbons (Fsp3) is 0.400. The average molecular weight is 489 g/mol. The van der Waals surface area contributed by atoms with E-state index in [1.807, 2.05) is 20.8 Å². The molecule has 0 radical (unpaired) electrons. The van der Waals surface area contributed by atoms with Crippen LogP contribution < -0.4 is 10.0 Å². The molecule has 0 heterocycles. The van der Waals surface area contributed by atoms with Crippen molar-refractivity contribution >= 4 is 33.4 Å². The van der Waals surface area contributed by atoms with E-state index in [0.29, 0.717) is 22.4 Å². The van der Waals surface area contributed by atoms with E-state index in [0.717, 1.165) is 16.7 Å². The highest BCUT2D eigenvalue weighted by Gasteiger charge is 2.24. The number of hydrogen-bond donors (Lipinski definition) is 2. The number of amides is 1. The van der Waals surface area contributed by atoms with Gasteiger partial charge in [-0.25, -0.2) is 13.1 Å². The van der Waals surface area contributed by atoms with Gasteiger partial charge in [0.05, 0.1) is 11.3 Å². The normalized spacial score (nSPS) is 12.2. The molecule has 1 amide bonds. The fourth-order valence-corrected chi connectivity index (χ4v) is 5.23. The monoisotopic (exact) mass is 488 g/mol. The van der Waals surface area contributed by atoms with Gasteiger partial charge in [-0.3, -0.25) is 14.4 Å². The van der Waals surface area contributed by atoms with Gasteiger partial charge in [-0.05, 0) is 88.4 Å². The standard InChI is InChI=1S/C25H32N2O6S/c1-14-15(2)17(4)24(18(5)16(14)3)34(31,32)26-12-11-23(29)33-20(7)25(30)27-22-10-8-9-21(13-22)19(6)28/h8-10,13,20,26H,11-12H2,1-7H3,(H,27,30). The second-order valence-corrected chi connectivity index (χ2v) is 10.1. The van der Waals surface area contributed by atoms with Gasteiger partial charge >= 0.3 is 5.97 Å². The van der Waals surface area contributed by atoms with Crippen LogP contribution in [0.4, 0.5) is 5.69 Å². The number of ketones is 1. The van der Waals surface area contributed by atoms with Gasteiger partial charge in [0.15, 0.2) is 11.9 Å². The summed E-state index contributed by atoms with van der Waals surface area (Å²) >= 11 is 0. The van der Waals surface area contributed by atoms with Crippen LogP contribution in [0.1, 0.15) is 58.4 Å². The number of esters is 1. The first-order valence-corrected chi connectivity index (χ1v) is 12.4. The van der Waals surface area contributed by atoms with Gasteiger partial charge < -0.3 is 10.1 Å². The van der Waals surface area contributed by atoms with Crippen molar-refractivity contribution in [3.8, 4) is 0 Å². The topological polar surface area (TPSA) is 119 Å². The number of carbonyl (C=O) groups excluding carboxylic acids is 3. The Labute approximate surface area is 201 Å². The molecule has 2 aromatic rings. The first-order valence-electron chi connectivity index (χ1n) is 10.9. The van der Waals surface area contributed by atoms with Crippen LogP contribution in [0.2, 0.25) is 0 Å². The minimum absolute atomic E-state index is 0.139. The van der Waals surface area contributed by atoms with E-state index in [-0.39, 0.29) is 23.6 Å². The highest BCUT2D eigenvalue weighted by molar-refractivity contribution is 7.89.